The van der Waals surface area contributed by atoms with Crippen LogP contribution in [0.2, 0.25) is 0 Å². The number of thiophene rings is 1. The standard InChI is InChI=1S/C17H22N6S.C2HF3O2/c1-13-8-16(19-18-13)10-22-5-2-14(3-6-22)9-23-11-17(20-21-23)15-4-7-24-12-15;3-2(4,5)1(6)7/h4,7-8,11-12,14H,2-3,5-6,9-10H2,1H3,(H,18,19);(H,6,7). The van der Waals surface area contributed by atoms with Crippen LogP contribution < -0.4 is 0 Å². The van der Waals surface area contributed by atoms with Crippen LogP contribution in [0.1, 0.15) is 24.2 Å². The molecule has 0 amide bonds. The molecule has 0 atom stereocenters. The molecule has 168 valence electrons. The number of nitrogens with one attached hydrogen (secondary N) is 1. The summed E-state index contributed by atoms with van der Waals surface area (Å²) in [6, 6.07) is 4.22. The quantitative estimate of drug-likeness (QED) is 0.609. The van der Waals surface area contributed by atoms with E-state index in [0.717, 1.165) is 48.8 Å². The Morgan fingerprint density at radius 2 is 2.06 bits per heavy atom. The Morgan fingerprint density at radius 1 is 1.35 bits per heavy atom. The smallest absolute Gasteiger partial charge is 0.475 e. The van der Waals surface area contributed by atoms with Crippen molar-refractivity contribution in [3.05, 3.63) is 40.5 Å². The number of aromatic nitrogens is 5. The number of H-pyrrole nitrogens is 1. The van der Waals surface area contributed by atoms with Gasteiger partial charge in [0.2, 0.25) is 0 Å². The molecular weight excluding hydrogens is 433 g/mol. The van der Waals surface area contributed by atoms with Gasteiger partial charge in [-0.3, -0.25) is 14.7 Å². The molecule has 1 fully saturated rings. The molecule has 4 heterocycles. The number of rotatable bonds is 5. The molecule has 3 aromatic heterocycles. The van der Waals surface area contributed by atoms with Gasteiger partial charge in [0.25, 0.3) is 0 Å². The Labute approximate surface area is 180 Å². The summed E-state index contributed by atoms with van der Waals surface area (Å²) >= 11 is 1.69. The number of halogens is 3. The van der Waals surface area contributed by atoms with E-state index in [1.54, 1.807) is 11.3 Å². The Morgan fingerprint density at radius 3 is 2.61 bits per heavy atom. The maximum absolute atomic E-state index is 10.6. The summed E-state index contributed by atoms with van der Waals surface area (Å²) in [6.07, 6.45) is -0.602. The van der Waals surface area contributed by atoms with Crippen molar-refractivity contribution in [3.63, 3.8) is 0 Å². The number of hydrogen-bond acceptors (Lipinski definition) is 6. The predicted molar refractivity (Wildman–Crippen MR) is 108 cm³/mol. The molecule has 0 spiro atoms. The average molecular weight is 456 g/mol. The second-order valence-corrected chi connectivity index (χ2v) is 8.18. The van der Waals surface area contributed by atoms with Crippen LogP contribution in [0.15, 0.2) is 29.1 Å². The SMILES string of the molecule is Cc1cc(CN2CCC(Cn3cc(-c4ccsc4)nn3)CC2)n[nH]1.O=C(O)C(F)(F)F. The van der Waals surface area contributed by atoms with Crippen LogP contribution in [-0.4, -0.2) is 60.4 Å². The number of carboxylic acids is 1. The maximum atomic E-state index is 10.6. The van der Waals surface area contributed by atoms with E-state index in [2.05, 4.69) is 54.5 Å². The minimum atomic E-state index is -5.08. The summed E-state index contributed by atoms with van der Waals surface area (Å²) in [7, 11) is 0. The van der Waals surface area contributed by atoms with Gasteiger partial charge in [-0.15, -0.1) is 5.10 Å². The Kier molecular flexibility index (Phi) is 7.44. The second kappa shape index (κ2) is 10.1. The van der Waals surface area contributed by atoms with Crippen LogP contribution in [-0.2, 0) is 17.9 Å². The first-order valence-electron chi connectivity index (χ1n) is 9.67. The summed E-state index contributed by atoms with van der Waals surface area (Å²) in [6.45, 7) is 6.21. The van der Waals surface area contributed by atoms with E-state index in [0.29, 0.717) is 5.92 Å². The number of carbonyl (C=O) groups is 1. The number of nitrogens with zero attached hydrogens (tertiary/aromatic N) is 5. The van der Waals surface area contributed by atoms with E-state index in [-0.39, 0.29) is 0 Å². The topological polar surface area (TPSA) is 99.9 Å². The van der Waals surface area contributed by atoms with E-state index in [4.69, 9.17) is 9.90 Å². The zero-order valence-electron chi connectivity index (χ0n) is 16.8. The Bertz CT molecular complexity index is 962. The largest absolute Gasteiger partial charge is 0.490 e. The van der Waals surface area contributed by atoms with Crippen molar-refractivity contribution in [2.24, 2.45) is 5.92 Å². The van der Waals surface area contributed by atoms with Crippen LogP contribution in [0.25, 0.3) is 11.3 Å². The Balaban J connectivity index is 0.000000339. The van der Waals surface area contributed by atoms with Gasteiger partial charge >= 0.3 is 12.1 Å². The molecule has 3 aromatic rings. The second-order valence-electron chi connectivity index (χ2n) is 7.40. The minimum absolute atomic E-state index is 0.680. The minimum Gasteiger partial charge on any atom is -0.475 e. The fraction of sp³-hybridized carbons (Fsp3) is 0.474. The molecular formula is C19H23F3N6O2S. The van der Waals surface area contributed by atoms with Gasteiger partial charge in [-0.1, -0.05) is 5.21 Å². The van der Waals surface area contributed by atoms with E-state index < -0.39 is 12.1 Å². The van der Waals surface area contributed by atoms with Gasteiger partial charge in [-0.05, 0) is 56.3 Å². The maximum Gasteiger partial charge on any atom is 0.490 e. The van der Waals surface area contributed by atoms with Gasteiger partial charge in [-0.25, -0.2) is 4.79 Å². The van der Waals surface area contributed by atoms with Gasteiger partial charge in [0.15, 0.2) is 0 Å². The highest BCUT2D eigenvalue weighted by atomic mass is 32.1. The summed E-state index contributed by atoms with van der Waals surface area (Å²) in [5.74, 6) is -2.08. The highest BCUT2D eigenvalue weighted by Crippen LogP contribution is 2.22. The molecule has 0 unspecified atom stereocenters. The molecule has 0 aromatic carbocycles. The lowest BCUT2D eigenvalue weighted by Crippen LogP contribution is -2.34. The molecule has 1 aliphatic heterocycles. The van der Waals surface area contributed by atoms with Crippen molar-refractivity contribution in [1.82, 2.24) is 30.1 Å². The summed E-state index contributed by atoms with van der Waals surface area (Å²) in [4.78, 5) is 11.4. The third kappa shape index (κ3) is 6.89. The fourth-order valence-corrected chi connectivity index (χ4v) is 3.96. The number of alkyl halides is 3. The van der Waals surface area contributed by atoms with Crippen LogP contribution in [0.5, 0.6) is 0 Å². The molecule has 0 aliphatic carbocycles. The number of aliphatic carboxylic acids is 1. The first kappa shape index (κ1) is 22.9. The van der Waals surface area contributed by atoms with Gasteiger partial charge in [0.1, 0.15) is 5.69 Å². The molecule has 31 heavy (non-hydrogen) atoms. The molecule has 4 rings (SSSR count). The number of hydrogen-bond donors (Lipinski definition) is 2. The Hall–Kier alpha value is -2.73. The van der Waals surface area contributed by atoms with E-state index in [9.17, 15) is 13.2 Å². The molecule has 2 N–H and O–H groups in total. The van der Waals surface area contributed by atoms with Crippen molar-refractivity contribution in [1.29, 1.82) is 0 Å². The summed E-state index contributed by atoms with van der Waals surface area (Å²) < 4.78 is 33.7. The fourth-order valence-electron chi connectivity index (χ4n) is 3.31. The lowest BCUT2D eigenvalue weighted by atomic mass is 9.97. The van der Waals surface area contributed by atoms with E-state index >= 15 is 0 Å². The summed E-state index contributed by atoms with van der Waals surface area (Å²) in [5.41, 5.74) is 4.41. The molecule has 0 radical (unpaired) electrons. The third-order valence-electron chi connectivity index (χ3n) is 4.90. The van der Waals surface area contributed by atoms with Gasteiger partial charge < -0.3 is 5.11 Å². The molecule has 12 heteroatoms. The number of aromatic amines is 1. The van der Waals surface area contributed by atoms with Crippen LogP contribution in [0.4, 0.5) is 13.2 Å². The zero-order valence-corrected chi connectivity index (χ0v) is 17.7. The first-order chi connectivity index (χ1) is 14.7. The van der Waals surface area contributed by atoms with E-state index in [1.807, 2.05) is 11.6 Å². The lowest BCUT2D eigenvalue weighted by molar-refractivity contribution is -0.192. The number of likely N-dealkylation sites (tertiary alicyclic amines) is 1. The number of carboxylic acid groups (broad SMARTS) is 1. The normalized spacial score (nSPS) is 15.5. The van der Waals surface area contributed by atoms with Crippen LogP contribution in [0, 0.1) is 12.8 Å². The average Bonchev–Trinajstić information content (AvgIpc) is 3.45. The monoisotopic (exact) mass is 456 g/mol. The lowest BCUT2D eigenvalue weighted by Gasteiger charge is -2.31. The van der Waals surface area contributed by atoms with Crippen molar-refractivity contribution in [2.45, 2.75) is 39.0 Å². The van der Waals surface area contributed by atoms with Gasteiger partial charge in [0.05, 0.1) is 11.9 Å². The van der Waals surface area contributed by atoms with Gasteiger partial charge in [0, 0.05) is 29.7 Å². The summed E-state index contributed by atoms with van der Waals surface area (Å²) in [5, 5.41) is 27.3. The first-order valence-corrected chi connectivity index (χ1v) is 10.6. The zero-order chi connectivity index (χ0) is 22.4. The van der Waals surface area contributed by atoms with Crippen LogP contribution in [0.3, 0.4) is 0 Å². The van der Waals surface area contributed by atoms with Crippen molar-refractivity contribution < 1.29 is 23.1 Å². The molecule has 0 bridgehead atoms. The van der Waals surface area contributed by atoms with Crippen molar-refractivity contribution in [2.75, 3.05) is 13.1 Å². The van der Waals surface area contributed by atoms with E-state index in [1.165, 1.54) is 12.8 Å². The molecule has 8 nitrogen and oxygen atoms in total. The molecule has 0 saturated carbocycles. The van der Waals surface area contributed by atoms with Gasteiger partial charge in [-0.2, -0.15) is 29.6 Å². The number of piperidine rings is 1. The predicted octanol–water partition coefficient (Wildman–Crippen LogP) is 3.58. The number of aryl methyl sites for hydroxylation is 1. The van der Waals surface area contributed by atoms with Crippen molar-refractivity contribution >= 4 is 17.3 Å². The van der Waals surface area contributed by atoms with Crippen LogP contribution >= 0.6 is 11.3 Å². The molecule has 1 saturated heterocycles. The highest BCUT2D eigenvalue weighted by Gasteiger charge is 2.38. The molecule has 1 aliphatic rings. The highest BCUT2D eigenvalue weighted by molar-refractivity contribution is 7.08. The third-order valence-corrected chi connectivity index (χ3v) is 5.58. The van der Waals surface area contributed by atoms with Crippen molar-refractivity contribution in [3.8, 4) is 11.3 Å².